The SMILES string of the molecule is CNCC1CCN(Cc2nc(C(C)(C)C)no2)C1. The van der Waals surface area contributed by atoms with Crippen LogP contribution in [-0.2, 0) is 12.0 Å². The van der Waals surface area contributed by atoms with Gasteiger partial charge in [0, 0.05) is 12.0 Å². The van der Waals surface area contributed by atoms with Crippen molar-refractivity contribution in [2.75, 3.05) is 26.7 Å². The molecule has 1 N–H and O–H groups in total. The molecule has 2 rings (SSSR count). The van der Waals surface area contributed by atoms with Gasteiger partial charge in [-0.25, -0.2) is 0 Å². The van der Waals surface area contributed by atoms with Crippen LogP contribution in [0, 0.1) is 5.92 Å². The molecule has 0 spiro atoms. The van der Waals surface area contributed by atoms with Gasteiger partial charge in [-0.15, -0.1) is 0 Å². The molecule has 18 heavy (non-hydrogen) atoms. The highest BCUT2D eigenvalue weighted by Crippen LogP contribution is 2.21. The number of rotatable bonds is 4. The summed E-state index contributed by atoms with van der Waals surface area (Å²) in [5.74, 6) is 2.29. The highest BCUT2D eigenvalue weighted by molar-refractivity contribution is 5.00. The predicted molar refractivity (Wildman–Crippen MR) is 70.3 cm³/mol. The number of hydrogen-bond donors (Lipinski definition) is 1. The Morgan fingerprint density at radius 2 is 2.22 bits per heavy atom. The lowest BCUT2D eigenvalue weighted by atomic mass is 9.96. The summed E-state index contributed by atoms with van der Waals surface area (Å²) in [6, 6.07) is 0. The molecule has 5 heteroatoms. The van der Waals surface area contributed by atoms with Crippen molar-refractivity contribution < 1.29 is 4.52 Å². The molecule has 1 aromatic heterocycles. The first kappa shape index (κ1) is 13.5. The summed E-state index contributed by atoms with van der Waals surface area (Å²) < 4.78 is 5.33. The Bertz CT molecular complexity index is 383. The molecule has 102 valence electrons. The minimum Gasteiger partial charge on any atom is -0.338 e. The minimum atomic E-state index is -0.0403. The molecule has 1 aromatic rings. The Balaban J connectivity index is 1.89. The highest BCUT2D eigenvalue weighted by atomic mass is 16.5. The van der Waals surface area contributed by atoms with Crippen LogP contribution in [-0.4, -0.2) is 41.7 Å². The average molecular weight is 252 g/mol. The van der Waals surface area contributed by atoms with Gasteiger partial charge >= 0.3 is 0 Å². The molecule has 0 amide bonds. The zero-order valence-electron chi connectivity index (χ0n) is 11.9. The maximum atomic E-state index is 5.33. The first-order valence-corrected chi connectivity index (χ1v) is 6.69. The van der Waals surface area contributed by atoms with Crippen LogP contribution >= 0.6 is 0 Å². The monoisotopic (exact) mass is 252 g/mol. The van der Waals surface area contributed by atoms with Gasteiger partial charge in [0.2, 0.25) is 5.89 Å². The fraction of sp³-hybridized carbons (Fsp3) is 0.846. The van der Waals surface area contributed by atoms with Crippen molar-refractivity contribution in [1.29, 1.82) is 0 Å². The van der Waals surface area contributed by atoms with Crippen molar-refractivity contribution in [3.8, 4) is 0 Å². The number of hydrogen-bond acceptors (Lipinski definition) is 5. The van der Waals surface area contributed by atoms with E-state index in [0.29, 0.717) is 0 Å². The van der Waals surface area contributed by atoms with E-state index in [9.17, 15) is 0 Å². The molecular weight excluding hydrogens is 228 g/mol. The third kappa shape index (κ3) is 3.29. The maximum absolute atomic E-state index is 5.33. The standard InChI is InChI=1S/C13H24N4O/c1-13(2,3)12-15-11(18-16-12)9-17-6-5-10(8-17)7-14-4/h10,14H,5-9H2,1-4H3. The quantitative estimate of drug-likeness (QED) is 0.878. The number of aromatic nitrogens is 2. The average Bonchev–Trinajstić information content (AvgIpc) is 2.88. The Hall–Kier alpha value is -0.940. The Kier molecular flexibility index (Phi) is 4.02. The van der Waals surface area contributed by atoms with Gasteiger partial charge in [0.05, 0.1) is 6.54 Å². The second-order valence-electron chi connectivity index (χ2n) is 6.21. The molecule has 1 atom stereocenters. The van der Waals surface area contributed by atoms with Gasteiger partial charge in [-0.2, -0.15) is 4.98 Å². The smallest absolute Gasteiger partial charge is 0.240 e. The van der Waals surface area contributed by atoms with Crippen molar-refractivity contribution in [2.24, 2.45) is 5.92 Å². The molecule has 1 unspecified atom stereocenters. The van der Waals surface area contributed by atoms with E-state index >= 15 is 0 Å². The zero-order valence-corrected chi connectivity index (χ0v) is 11.9. The molecule has 0 aliphatic carbocycles. The summed E-state index contributed by atoms with van der Waals surface area (Å²) in [4.78, 5) is 6.87. The van der Waals surface area contributed by atoms with E-state index in [1.54, 1.807) is 0 Å². The summed E-state index contributed by atoms with van der Waals surface area (Å²) in [5, 5.41) is 7.30. The number of nitrogens with zero attached hydrogens (tertiary/aromatic N) is 3. The van der Waals surface area contributed by atoms with E-state index < -0.39 is 0 Å². The summed E-state index contributed by atoms with van der Waals surface area (Å²) >= 11 is 0. The minimum absolute atomic E-state index is 0.0403. The van der Waals surface area contributed by atoms with Gasteiger partial charge in [-0.05, 0) is 32.5 Å². The maximum Gasteiger partial charge on any atom is 0.240 e. The van der Waals surface area contributed by atoms with Crippen LogP contribution in [0.4, 0.5) is 0 Å². The van der Waals surface area contributed by atoms with Crippen LogP contribution in [0.15, 0.2) is 4.52 Å². The zero-order chi connectivity index (χ0) is 13.2. The Morgan fingerprint density at radius 1 is 1.44 bits per heavy atom. The third-order valence-corrected chi connectivity index (χ3v) is 3.36. The first-order chi connectivity index (χ1) is 8.49. The van der Waals surface area contributed by atoms with Gasteiger partial charge in [0.25, 0.3) is 0 Å². The second-order valence-corrected chi connectivity index (χ2v) is 6.21. The third-order valence-electron chi connectivity index (χ3n) is 3.36. The summed E-state index contributed by atoms with van der Waals surface area (Å²) in [7, 11) is 2.01. The molecule has 2 heterocycles. The molecule has 1 fully saturated rings. The van der Waals surface area contributed by atoms with Crippen LogP contribution in [0.25, 0.3) is 0 Å². The van der Waals surface area contributed by atoms with Crippen molar-refractivity contribution in [3.63, 3.8) is 0 Å². The van der Waals surface area contributed by atoms with Gasteiger partial charge in [-0.1, -0.05) is 25.9 Å². The van der Waals surface area contributed by atoms with Crippen molar-refractivity contribution in [3.05, 3.63) is 11.7 Å². The van der Waals surface area contributed by atoms with E-state index in [2.05, 4.69) is 41.1 Å². The van der Waals surface area contributed by atoms with E-state index in [-0.39, 0.29) is 5.41 Å². The number of nitrogens with one attached hydrogen (secondary N) is 1. The Labute approximate surface area is 109 Å². The van der Waals surface area contributed by atoms with E-state index in [1.807, 2.05) is 7.05 Å². The summed E-state index contributed by atoms with van der Waals surface area (Å²) in [5.41, 5.74) is -0.0403. The fourth-order valence-corrected chi connectivity index (χ4v) is 2.33. The topological polar surface area (TPSA) is 54.2 Å². The molecule has 0 radical (unpaired) electrons. The van der Waals surface area contributed by atoms with Crippen LogP contribution in [0.1, 0.15) is 38.9 Å². The molecular formula is C13H24N4O. The van der Waals surface area contributed by atoms with Crippen LogP contribution in [0.5, 0.6) is 0 Å². The predicted octanol–water partition coefficient (Wildman–Crippen LogP) is 1.41. The normalized spacial score (nSPS) is 21.7. The van der Waals surface area contributed by atoms with Crippen molar-refractivity contribution in [2.45, 2.75) is 39.2 Å². The first-order valence-electron chi connectivity index (χ1n) is 6.69. The van der Waals surface area contributed by atoms with Gasteiger partial charge in [0.1, 0.15) is 0 Å². The second kappa shape index (κ2) is 5.36. The highest BCUT2D eigenvalue weighted by Gasteiger charge is 2.25. The Morgan fingerprint density at radius 3 is 2.83 bits per heavy atom. The largest absolute Gasteiger partial charge is 0.338 e. The van der Waals surface area contributed by atoms with E-state index in [4.69, 9.17) is 4.52 Å². The summed E-state index contributed by atoms with van der Waals surface area (Å²) in [6.07, 6.45) is 1.25. The van der Waals surface area contributed by atoms with Gasteiger partial charge < -0.3 is 9.84 Å². The molecule has 0 aromatic carbocycles. The van der Waals surface area contributed by atoms with Crippen LogP contribution < -0.4 is 5.32 Å². The lowest BCUT2D eigenvalue weighted by Gasteiger charge is -2.13. The van der Waals surface area contributed by atoms with Crippen LogP contribution in [0.3, 0.4) is 0 Å². The van der Waals surface area contributed by atoms with E-state index in [1.165, 1.54) is 6.42 Å². The lowest BCUT2D eigenvalue weighted by molar-refractivity contribution is 0.258. The van der Waals surface area contributed by atoms with E-state index in [0.717, 1.165) is 43.8 Å². The summed E-state index contributed by atoms with van der Waals surface area (Å²) in [6.45, 7) is 10.4. The van der Waals surface area contributed by atoms with Crippen molar-refractivity contribution >= 4 is 0 Å². The van der Waals surface area contributed by atoms with Crippen LogP contribution in [0.2, 0.25) is 0 Å². The van der Waals surface area contributed by atoms with Crippen molar-refractivity contribution in [1.82, 2.24) is 20.4 Å². The molecule has 1 aliphatic heterocycles. The lowest BCUT2D eigenvalue weighted by Crippen LogP contribution is -2.24. The molecule has 5 nitrogen and oxygen atoms in total. The van der Waals surface area contributed by atoms with Gasteiger partial charge in [-0.3, -0.25) is 4.90 Å². The molecule has 0 bridgehead atoms. The molecule has 1 saturated heterocycles. The van der Waals surface area contributed by atoms with Gasteiger partial charge in [0.15, 0.2) is 5.82 Å². The fourth-order valence-electron chi connectivity index (χ4n) is 2.33. The molecule has 0 saturated carbocycles. The molecule has 1 aliphatic rings. The number of likely N-dealkylation sites (tertiary alicyclic amines) is 1.